The van der Waals surface area contributed by atoms with Crippen LogP contribution in [0.15, 0.2) is 110 Å². The summed E-state index contributed by atoms with van der Waals surface area (Å²) >= 11 is 0. The summed E-state index contributed by atoms with van der Waals surface area (Å²) in [7, 11) is 19.1. The van der Waals surface area contributed by atoms with Gasteiger partial charge in [0.1, 0.15) is 17.2 Å². The number of nitrogens with zero attached hydrogens (tertiary/aromatic N) is 11. The molecule has 0 radical (unpaired) electrons. The molecule has 4 N–H and O–H groups in total. The Kier molecular flexibility index (Phi) is 14.9. The summed E-state index contributed by atoms with van der Waals surface area (Å²) in [5.41, 5.74) is 15.4. The van der Waals surface area contributed by atoms with Crippen molar-refractivity contribution in [1.82, 2.24) is 38.9 Å². The van der Waals surface area contributed by atoms with E-state index in [0.717, 1.165) is 75.3 Å². The van der Waals surface area contributed by atoms with Crippen LogP contribution in [0.3, 0.4) is 0 Å². The highest BCUT2D eigenvalue weighted by Crippen LogP contribution is 2.40. The third kappa shape index (κ3) is 10.8. The zero-order valence-electron chi connectivity index (χ0n) is 40.4. The first-order valence-electron chi connectivity index (χ1n) is 22.0. The molecule has 18 heteroatoms. The van der Waals surface area contributed by atoms with Gasteiger partial charge in [-0.2, -0.15) is 0 Å². The summed E-state index contributed by atoms with van der Waals surface area (Å²) < 4.78 is 15.4. The minimum atomic E-state index is -0.389. The quantitative estimate of drug-likeness (QED) is 0.0450. The van der Waals surface area contributed by atoms with Gasteiger partial charge in [0, 0.05) is 130 Å². The zero-order valence-corrected chi connectivity index (χ0v) is 40.4. The van der Waals surface area contributed by atoms with Crippen molar-refractivity contribution in [2.75, 3.05) is 109 Å². The number of para-hydroxylation sites is 2. The Bertz CT molecular complexity index is 3040. The molecular weight excluding hydrogens is 861 g/mol. The number of aryl methyl sites for hydroxylation is 2. The minimum Gasteiger partial charge on any atom is -0.494 e. The molecule has 0 aliphatic rings. The number of hydrogen-bond donors (Lipinski definition) is 3. The van der Waals surface area contributed by atoms with Crippen LogP contribution in [-0.4, -0.2) is 126 Å². The molecule has 0 unspecified atom stereocenters. The monoisotopic (exact) mass is 920 g/mol. The molecular formula is C50H60N14O4. The average Bonchev–Trinajstić information content (AvgIpc) is 3.86. The molecule has 0 bridgehead atoms. The van der Waals surface area contributed by atoms with Crippen LogP contribution in [0.5, 0.6) is 11.5 Å². The number of nitrogens with one attached hydrogen (secondary N) is 2. The standard InChI is InChI=1S/C25H29N7O3.C25H31N7O/c1-29(2)12-13-30(3)22-15-24(35-5)20(14-23(22)32(33)34)28-25-26-11-10-19(27-25)18-16-31(4)21-9-7-6-8-17(18)21;1-30(2)12-13-31(3)23-15-24(33-5)21(14-19(23)26)29-25-27-11-10-20(28-25)18-16-32(4)22-9-7-6-8-17(18)22/h6-11,14-16H,12-13H2,1-5H3,(H,26,27,28);6-11,14-16H,12-13,26H2,1-5H3,(H,27,28,29). The van der Waals surface area contributed by atoms with Gasteiger partial charge < -0.3 is 54.6 Å². The maximum atomic E-state index is 11.9. The molecule has 0 fully saturated rings. The second-order valence-corrected chi connectivity index (χ2v) is 17.0. The fourth-order valence-electron chi connectivity index (χ4n) is 7.87. The Hall–Kier alpha value is -7.96. The van der Waals surface area contributed by atoms with Crippen LogP contribution in [0.4, 0.5) is 46.0 Å². The van der Waals surface area contributed by atoms with Gasteiger partial charge in [0.2, 0.25) is 11.9 Å². The van der Waals surface area contributed by atoms with Gasteiger partial charge in [-0.05, 0) is 58.5 Å². The molecule has 0 atom stereocenters. The van der Waals surface area contributed by atoms with E-state index in [2.05, 4.69) is 89.1 Å². The number of nitro benzene ring substituents is 1. The molecule has 4 aromatic heterocycles. The molecule has 0 saturated heterocycles. The smallest absolute Gasteiger partial charge is 0.294 e. The normalized spacial score (nSPS) is 11.2. The lowest BCUT2D eigenvalue weighted by atomic mass is 10.1. The Labute approximate surface area is 396 Å². The summed E-state index contributed by atoms with van der Waals surface area (Å²) in [6, 6.07) is 27.1. The molecule has 0 saturated carbocycles. The number of aromatic nitrogens is 6. The molecule has 4 heterocycles. The average molecular weight is 921 g/mol. The Balaban J connectivity index is 0.000000202. The highest BCUT2D eigenvalue weighted by molar-refractivity contribution is 5.96. The third-order valence-electron chi connectivity index (χ3n) is 11.6. The van der Waals surface area contributed by atoms with Crippen LogP contribution < -0.4 is 35.6 Å². The van der Waals surface area contributed by atoms with Crippen LogP contribution in [0.1, 0.15) is 0 Å². The Morgan fingerprint density at radius 3 is 1.53 bits per heavy atom. The molecule has 354 valence electrons. The van der Waals surface area contributed by atoms with Gasteiger partial charge in [-0.15, -0.1) is 0 Å². The number of anilines is 7. The fourth-order valence-corrected chi connectivity index (χ4v) is 7.87. The predicted molar refractivity (Wildman–Crippen MR) is 275 cm³/mol. The Morgan fingerprint density at radius 2 is 1.07 bits per heavy atom. The minimum absolute atomic E-state index is 0.0280. The van der Waals surface area contributed by atoms with Gasteiger partial charge in [0.15, 0.2) is 0 Å². The van der Waals surface area contributed by atoms with E-state index < -0.39 is 0 Å². The van der Waals surface area contributed by atoms with E-state index in [1.807, 2.05) is 107 Å². The van der Waals surface area contributed by atoms with Crippen LogP contribution in [0, 0.1) is 10.1 Å². The molecule has 8 rings (SSSR count). The van der Waals surface area contributed by atoms with E-state index in [1.54, 1.807) is 25.6 Å². The zero-order chi connectivity index (χ0) is 48.6. The van der Waals surface area contributed by atoms with E-state index >= 15 is 0 Å². The van der Waals surface area contributed by atoms with Gasteiger partial charge in [0.25, 0.3) is 5.69 Å². The number of fused-ring (bicyclic) bond motifs is 2. The molecule has 0 aliphatic carbocycles. The number of rotatable bonds is 17. The largest absolute Gasteiger partial charge is 0.494 e. The van der Waals surface area contributed by atoms with Crippen molar-refractivity contribution in [3.05, 3.63) is 120 Å². The highest BCUT2D eigenvalue weighted by Gasteiger charge is 2.23. The lowest BCUT2D eigenvalue weighted by Crippen LogP contribution is -2.29. The number of methoxy groups -OCH3 is 2. The van der Waals surface area contributed by atoms with Crippen molar-refractivity contribution >= 4 is 67.8 Å². The summed E-state index contributed by atoms with van der Waals surface area (Å²) in [4.78, 5) is 37.8. The highest BCUT2D eigenvalue weighted by atomic mass is 16.6. The van der Waals surface area contributed by atoms with Crippen LogP contribution in [0.25, 0.3) is 44.3 Å². The van der Waals surface area contributed by atoms with Crippen molar-refractivity contribution < 1.29 is 14.4 Å². The number of hydrogen-bond acceptors (Lipinski definition) is 15. The lowest BCUT2D eigenvalue weighted by Gasteiger charge is -2.24. The van der Waals surface area contributed by atoms with Gasteiger partial charge in [-0.1, -0.05) is 36.4 Å². The number of benzene rings is 4. The number of nitrogen functional groups attached to an aromatic ring is 1. The van der Waals surface area contributed by atoms with Gasteiger partial charge >= 0.3 is 0 Å². The number of nitro groups is 1. The SMILES string of the molecule is COc1cc(N(C)CCN(C)C)c(N)cc1Nc1nccc(-c2cn(C)c3ccccc23)n1.COc1cc(N(C)CCN(C)C)c([N+](=O)[O-])cc1Nc1nccc(-c2cn(C)c3ccccc23)n1. The second-order valence-electron chi connectivity index (χ2n) is 17.0. The third-order valence-corrected chi connectivity index (χ3v) is 11.6. The molecule has 0 aliphatic heterocycles. The molecule has 4 aromatic carbocycles. The molecule has 68 heavy (non-hydrogen) atoms. The molecule has 18 nitrogen and oxygen atoms in total. The van der Waals surface area contributed by atoms with E-state index in [1.165, 1.54) is 13.2 Å². The number of likely N-dealkylation sites (N-methyl/N-ethyl adjacent to an activating group) is 4. The topological polar surface area (TPSA) is 186 Å². The van der Waals surface area contributed by atoms with Crippen molar-refractivity contribution in [3.63, 3.8) is 0 Å². The van der Waals surface area contributed by atoms with Crippen LogP contribution >= 0.6 is 0 Å². The van der Waals surface area contributed by atoms with E-state index in [0.29, 0.717) is 47.0 Å². The van der Waals surface area contributed by atoms with Crippen molar-refractivity contribution in [3.8, 4) is 34.0 Å². The summed E-state index contributed by atoms with van der Waals surface area (Å²) in [5, 5.41) is 20.5. The van der Waals surface area contributed by atoms with E-state index in [-0.39, 0.29) is 10.6 Å². The van der Waals surface area contributed by atoms with Crippen LogP contribution in [0.2, 0.25) is 0 Å². The maximum absolute atomic E-state index is 11.9. The number of nitrogens with two attached hydrogens (primary N) is 1. The van der Waals surface area contributed by atoms with Crippen LogP contribution in [-0.2, 0) is 14.1 Å². The van der Waals surface area contributed by atoms with Crippen molar-refractivity contribution in [2.24, 2.45) is 14.1 Å². The second kappa shape index (κ2) is 21.1. The molecule has 0 spiro atoms. The molecule has 8 aromatic rings. The summed E-state index contributed by atoms with van der Waals surface area (Å²) in [6.45, 7) is 3.15. The lowest BCUT2D eigenvalue weighted by molar-refractivity contribution is -0.384. The predicted octanol–water partition coefficient (Wildman–Crippen LogP) is 8.26. The maximum Gasteiger partial charge on any atom is 0.294 e. The van der Waals surface area contributed by atoms with E-state index in [9.17, 15) is 10.1 Å². The van der Waals surface area contributed by atoms with Gasteiger partial charge in [-0.25, -0.2) is 19.9 Å². The Morgan fingerprint density at radius 1 is 0.632 bits per heavy atom. The first-order chi connectivity index (χ1) is 32.6. The van der Waals surface area contributed by atoms with Crippen molar-refractivity contribution in [1.29, 1.82) is 0 Å². The number of ether oxygens (including phenoxy) is 2. The van der Waals surface area contributed by atoms with E-state index in [4.69, 9.17) is 20.2 Å². The summed E-state index contributed by atoms with van der Waals surface area (Å²) in [5.74, 6) is 1.93. The van der Waals surface area contributed by atoms with Gasteiger partial charge in [-0.3, -0.25) is 10.1 Å². The molecule has 0 amide bonds. The first kappa shape index (κ1) is 48.0. The fraction of sp³-hybridized carbons (Fsp3) is 0.280. The summed E-state index contributed by atoms with van der Waals surface area (Å²) in [6.07, 6.45) is 7.54. The van der Waals surface area contributed by atoms with Gasteiger partial charge in [0.05, 0.1) is 53.3 Å². The van der Waals surface area contributed by atoms with Crippen molar-refractivity contribution in [2.45, 2.75) is 0 Å². The first-order valence-corrected chi connectivity index (χ1v) is 22.0.